The van der Waals surface area contributed by atoms with Crippen LogP contribution >= 0.6 is 11.6 Å². The number of unbranched alkanes of at least 4 members (excludes halogenated alkanes) is 1. The number of carbonyl (C=O) groups excluding carboxylic acids is 1. The first-order valence-electron chi connectivity index (χ1n) is 3.64. The summed E-state index contributed by atoms with van der Waals surface area (Å²) in [6.45, 7) is 1.92. The molecule has 2 nitrogen and oxygen atoms in total. The van der Waals surface area contributed by atoms with E-state index in [0.29, 0.717) is 0 Å². The van der Waals surface area contributed by atoms with E-state index in [1.165, 1.54) is 0 Å². The fourth-order valence-electron chi connectivity index (χ4n) is 0.697. The van der Waals surface area contributed by atoms with Crippen LogP contribution in [0.1, 0.15) is 26.2 Å². The molecule has 0 rings (SSSR count). The molecule has 1 unspecified atom stereocenters. The second kappa shape index (κ2) is 10.2. The van der Waals surface area contributed by atoms with Crippen molar-refractivity contribution < 1.29 is 61.3 Å². The minimum atomic E-state index is -1.14. The molecule has 0 saturated heterocycles. The predicted molar refractivity (Wildman–Crippen MR) is 43.3 cm³/mol. The number of allylic oxidation sites excluding steroid dienone is 1. The van der Waals surface area contributed by atoms with Crippen molar-refractivity contribution in [2.45, 2.75) is 31.6 Å². The van der Waals surface area contributed by atoms with E-state index in [9.17, 15) is 9.90 Å². The van der Waals surface area contributed by atoms with Gasteiger partial charge in [-0.15, -0.1) is 11.6 Å². The molecule has 0 aliphatic rings. The smallest absolute Gasteiger partial charge is 0.545 e. The first-order chi connectivity index (χ1) is 5.13. The molecule has 4 heteroatoms. The van der Waals surface area contributed by atoms with Crippen LogP contribution in [0.2, 0.25) is 0 Å². The first-order valence-corrected chi connectivity index (χ1v) is 4.08. The van der Waals surface area contributed by atoms with Gasteiger partial charge in [-0.3, -0.25) is 0 Å². The summed E-state index contributed by atoms with van der Waals surface area (Å²) in [4.78, 5) is 9.87. The molecule has 1 atom stereocenters. The fraction of sp³-hybridized carbons (Fsp3) is 0.625. The Morgan fingerprint density at radius 2 is 2.25 bits per heavy atom. The third-order valence-corrected chi connectivity index (χ3v) is 1.44. The minimum absolute atomic E-state index is 0. The maximum Gasteiger partial charge on any atom is 1.00 e. The molecule has 0 amide bonds. The third kappa shape index (κ3) is 13.7. The van der Waals surface area contributed by atoms with Crippen molar-refractivity contribution in [3.05, 3.63) is 12.2 Å². The maximum absolute atomic E-state index is 9.87. The summed E-state index contributed by atoms with van der Waals surface area (Å²) in [5.41, 5.74) is 0. The van der Waals surface area contributed by atoms with Gasteiger partial charge in [-0.05, 0) is 32.3 Å². The van der Waals surface area contributed by atoms with E-state index < -0.39 is 5.97 Å². The molecular formula is C8H12ClKO2. The number of halogens is 1. The van der Waals surface area contributed by atoms with Crippen molar-refractivity contribution in [2.75, 3.05) is 0 Å². The second-order valence-corrected chi connectivity index (χ2v) is 3.18. The van der Waals surface area contributed by atoms with Crippen LogP contribution in [0.5, 0.6) is 0 Å². The Hall–Kier alpha value is 1.14. The van der Waals surface area contributed by atoms with E-state index in [1.54, 1.807) is 6.08 Å². The van der Waals surface area contributed by atoms with Gasteiger partial charge in [0.05, 0.1) is 5.97 Å². The molecule has 0 aromatic rings. The number of carboxylic acids is 1. The normalized spacial score (nSPS) is 12.5. The predicted octanol–water partition coefficient (Wildman–Crippen LogP) is -1.91. The number of alkyl halides is 1. The van der Waals surface area contributed by atoms with Crippen LogP contribution in [0, 0.1) is 0 Å². The molecule has 12 heavy (non-hydrogen) atoms. The summed E-state index contributed by atoms with van der Waals surface area (Å²) in [6.07, 6.45) is 5.24. The van der Waals surface area contributed by atoms with Crippen LogP contribution < -0.4 is 56.5 Å². The molecule has 0 aromatic heterocycles. The van der Waals surface area contributed by atoms with Gasteiger partial charge < -0.3 is 9.90 Å². The van der Waals surface area contributed by atoms with Crippen molar-refractivity contribution in [1.82, 2.24) is 0 Å². The van der Waals surface area contributed by atoms with E-state index >= 15 is 0 Å². The van der Waals surface area contributed by atoms with Crippen molar-refractivity contribution in [3.8, 4) is 0 Å². The van der Waals surface area contributed by atoms with Gasteiger partial charge in [0, 0.05) is 5.38 Å². The van der Waals surface area contributed by atoms with E-state index in [-0.39, 0.29) is 56.8 Å². The SMILES string of the molecule is CC(Cl)CCC/C=C/C(=O)[O-].[K+]. The van der Waals surface area contributed by atoms with Gasteiger partial charge in [-0.2, -0.15) is 0 Å². The average molecular weight is 215 g/mol. The Balaban J connectivity index is 0. The Morgan fingerprint density at radius 1 is 1.67 bits per heavy atom. The zero-order chi connectivity index (χ0) is 8.69. The molecule has 0 aromatic carbocycles. The van der Waals surface area contributed by atoms with Crippen molar-refractivity contribution in [1.29, 1.82) is 0 Å². The van der Waals surface area contributed by atoms with Crippen molar-refractivity contribution >= 4 is 17.6 Å². The summed E-state index contributed by atoms with van der Waals surface area (Å²) in [7, 11) is 0. The van der Waals surface area contributed by atoms with E-state index in [0.717, 1.165) is 25.3 Å². The Labute approximate surface area is 121 Å². The molecular weight excluding hydrogens is 203 g/mol. The van der Waals surface area contributed by atoms with Gasteiger partial charge in [-0.1, -0.05) is 6.08 Å². The van der Waals surface area contributed by atoms with Gasteiger partial charge in [0.15, 0.2) is 0 Å². The molecule has 64 valence electrons. The van der Waals surface area contributed by atoms with E-state index in [4.69, 9.17) is 11.6 Å². The van der Waals surface area contributed by atoms with Crippen LogP contribution in [-0.2, 0) is 4.79 Å². The molecule has 0 saturated carbocycles. The Bertz CT molecular complexity index is 146. The molecule has 0 radical (unpaired) electrons. The molecule has 0 bridgehead atoms. The van der Waals surface area contributed by atoms with Gasteiger partial charge in [-0.25, -0.2) is 0 Å². The summed E-state index contributed by atoms with van der Waals surface area (Å²) in [6, 6.07) is 0. The van der Waals surface area contributed by atoms with Crippen LogP contribution in [0.4, 0.5) is 0 Å². The fourth-order valence-corrected chi connectivity index (χ4v) is 0.851. The van der Waals surface area contributed by atoms with Gasteiger partial charge in [0.2, 0.25) is 0 Å². The molecule has 0 spiro atoms. The zero-order valence-corrected chi connectivity index (χ0v) is 11.4. The number of hydrogen-bond acceptors (Lipinski definition) is 2. The summed E-state index contributed by atoms with van der Waals surface area (Å²) < 4.78 is 0. The van der Waals surface area contributed by atoms with Crippen LogP contribution in [-0.4, -0.2) is 11.3 Å². The molecule has 0 fully saturated rings. The van der Waals surface area contributed by atoms with Crippen LogP contribution in [0.3, 0.4) is 0 Å². The number of hydrogen-bond donors (Lipinski definition) is 0. The number of carbonyl (C=O) groups is 1. The summed E-state index contributed by atoms with van der Waals surface area (Å²) in [5, 5.41) is 10.0. The number of aliphatic carboxylic acids is 1. The van der Waals surface area contributed by atoms with Crippen molar-refractivity contribution in [2.24, 2.45) is 0 Å². The van der Waals surface area contributed by atoms with Crippen LogP contribution in [0.25, 0.3) is 0 Å². The van der Waals surface area contributed by atoms with E-state index in [2.05, 4.69) is 0 Å². The van der Waals surface area contributed by atoms with E-state index in [1.807, 2.05) is 6.92 Å². The van der Waals surface area contributed by atoms with Gasteiger partial charge >= 0.3 is 51.4 Å². The van der Waals surface area contributed by atoms with Crippen molar-refractivity contribution in [3.63, 3.8) is 0 Å². The minimum Gasteiger partial charge on any atom is -0.545 e. The summed E-state index contributed by atoms with van der Waals surface area (Å²) >= 11 is 5.67. The van der Waals surface area contributed by atoms with Gasteiger partial charge in [0.25, 0.3) is 0 Å². The van der Waals surface area contributed by atoms with Gasteiger partial charge in [0.1, 0.15) is 0 Å². The average Bonchev–Trinajstić information content (AvgIpc) is 1.85. The largest absolute Gasteiger partial charge is 1.00 e. The molecule has 0 heterocycles. The number of carboxylic acid groups (broad SMARTS) is 1. The molecule has 0 aliphatic carbocycles. The molecule has 0 aliphatic heterocycles. The van der Waals surface area contributed by atoms with Crippen LogP contribution in [0.15, 0.2) is 12.2 Å². The summed E-state index contributed by atoms with van der Waals surface area (Å²) in [5.74, 6) is -1.14. The standard InChI is InChI=1S/C8H13ClO2.K/c1-7(9)5-3-2-4-6-8(10)11;/h4,6-7H,2-3,5H2,1H3,(H,10,11);/q;+1/p-1/b6-4+;. The Kier molecular flexibility index (Phi) is 13.3. The maximum atomic E-state index is 9.87. The molecule has 0 N–H and O–H groups in total. The quantitative estimate of drug-likeness (QED) is 0.232. The Morgan fingerprint density at radius 3 is 2.67 bits per heavy atom. The third-order valence-electron chi connectivity index (χ3n) is 1.23. The second-order valence-electron chi connectivity index (χ2n) is 2.43. The topological polar surface area (TPSA) is 40.1 Å². The first kappa shape index (κ1) is 15.6. The zero-order valence-electron chi connectivity index (χ0n) is 7.55. The monoisotopic (exact) mass is 214 g/mol. The number of rotatable bonds is 5.